The monoisotopic (exact) mass is 815 g/mol. The first-order chi connectivity index (χ1) is 30.2. The van der Waals surface area contributed by atoms with E-state index in [9.17, 15) is 0 Å². The molecule has 5 heterocycles. The number of furan rings is 1. The minimum atomic E-state index is -0.127. The van der Waals surface area contributed by atoms with Gasteiger partial charge in [-0.3, -0.25) is 0 Å². The van der Waals surface area contributed by atoms with E-state index in [1.165, 1.54) is 81.3 Å². The first-order valence-corrected chi connectivity index (χ1v) is 22.5. The summed E-state index contributed by atoms with van der Waals surface area (Å²) in [4.78, 5) is 6.34. The Morgan fingerprint density at radius 2 is 1.21 bits per heavy atom. The molecule has 0 radical (unpaired) electrons. The lowest BCUT2D eigenvalue weighted by molar-refractivity contribution is 0.590. The van der Waals surface area contributed by atoms with Crippen molar-refractivity contribution in [2.75, 3.05) is 9.80 Å². The van der Waals surface area contributed by atoms with Gasteiger partial charge in [0, 0.05) is 60.4 Å². The summed E-state index contributed by atoms with van der Waals surface area (Å²) in [5, 5.41) is 6.24. The highest BCUT2D eigenvalue weighted by Crippen LogP contribution is 2.50. The lowest BCUT2D eigenvalue weighted by atomic mass is 9.33. The van der Waals surface area contributed by atoms with Gasteiger partial charge in [0.25, 0.3) is 6.71 Å². The van der Waals surface area contributed by atoms with Gasteiger partial charge in [-0.05, 0) is 113 Å². The van der Waals surface area contributed by atoms with Crippen LogP contribution in [0.1, 0.15) is 37.5 Å². The summed E-state index contributed by atoms with van der Waals surface area (Å²) in [6.45, 7) is 11.5. The number of hydrogen-bond donors (Lipinski definition) is 0. The molecule has 13 rings (SSSR count). The molecule has 11 aromatic rings. The number of nitrogens with zero attached hydrogens (tertiary/aromatic N) is 3. The van der Waals surface area contributed by atoms with Gasteiger partial charge in [-0.2, -0.15) is 0 Å². The van der Waals surface area contributed by atoms with E-state index < -0.39 is 0 Å². The Bertz CT molecular complexity index is 3650. The highest BCUT2D eigenvalue weighted by Gasteiger charge is 2.44. The summed E-state index contributed by atoms with van der Waals surface area (Å²) in [5.41, 5.74) is 18.9. The number of rotatable bonds is 4. The highest BCUT2D eigenvalue weighted by molar-refractivity contribution is 7.26. The number of aryl methyl sites for hydroxylation is 2. The summed E-state index contributed by atoms with van der Waals surface area (Å²) in [6, 6.07) is 60.8. The fourth-order valence-corrected chi connectivity index (χ4v) is 11.9. The van der Waals surface area contributed by atoms with Crippen LogP contribution in [-0.2, 0) is 5.41 Å². The van der Waals surface area contributed by atoms with Crippen LogP contribution in [0.15, 0.2) is 168 Å². The zero-order valence-electron chi connectivity index (χ0n) is 35.3. The molecule has 2 aliphatic rings. The van der Waals surface area contributed by atoms with Crippen molar-refractivity contribution in [1.29, 1.82) is 0 Å². The summed E-state index contributed by atoms with van der Waals surface area (Å²) in [5.74, 6) is 0. The summed E-state index contributed by atoms with van der Waals surface area (Å²) in [7, 11) is 0. The van der Waals surface area contributed by atoms with Crippen molar-refractivity contribution >= 4 is 122 Å². The van der Waals surface area contributed by atoms with Gasteiger partial charge in [-0.25, -0.2) is 0 Å². The van der Waals surface area contributed by atoms with Crippen LogP contribution in [-0.4, -0.2) is 11.3 Å². The lowest BCUT2D eigenvalue weighted by Gasteiger charge is -2.42. The average Bonchev–Trinajstić information content (AvgIpc) is 3.96. The van der Waals surface area contributed by atoms with Crippen LogP contribution in [0.4, 0.5) is 34.1 Å². The van der Waals surface area contributed by atoms with E-state index in [1.807, 2.05) is 11.3 Å². The molecule has 0 spiro atoms. The first-order valence-electron chi connectivity index (χ1n) is 21.6. The molecule has 2 aliphatic heterocycles. The molecule has 8 aromatic carbocycles. The second-order valence-corrected chi connectivity index (χ2v) is 19.2. The molecule has 62 heavy (non-hydrogen) atoms. The maximum Gasteiger partial charge on any atom is 0.252 e. The van der Waals surface area contributed by atoms with Gasteiger partial charge < -0.3 is 18.8 Å². The Morgan fingerprint density at radius 3 is 1.98 bits per heavy atom. The number of fused-ring (bicyclic) bond motifs is 12. The Balaban J connectivity index is 1.19. The third-order valence-corrected chi connectivity index (χ3v) is 14.7. The second-order valence-electron chi connectivity index (χ2n) is 18.2. The maximum absolute atomic E-state index is 6.63. The van der Waals surface area contributed by atoms with Crippen LogP contribution in [0.2, 0.25) is 0 Å². The highest BCUT2D eigenvalue weighted by atomic mass is 32.1. The number of hydrogen-bond acceptors (Lipinski definition) is 4. The van der Waals surface area contributed by atoms with Gasteiger partial charge in [0.2, 0.25) is 0 Å². The SMILES string of the molecule is Cc1ccccc1N(c1ccc2c(c1)N(c1cccc3oc4ccccc4c13)c1cc(C(C)(C)C)cc3c1B2c1cccc2c4c5ccccc5sc4n-3c12)c1ccccc1C. The van der Waals surface area contributed by atoms with E-state index in [0.717, 1.165) is 44.7 Å². The Morgan fingerprint density at radius 1 is 0.548 bits per heavy atom. The number of anilines is 6. The van der Waals surface area contributed by atoms with Crippen LogP contribution in [0.25, 0.3) is 58.8 Å². The van der Waals surface area contributed by atoms with Crippen LogP contribution < -0.4 is 26.2 Å². The third kappa shape index (κ3) is 4.84. The molecule has 0 aliphatic carbocycles. The maximum atomic E-state index is 6.63. The molecule has 0 amide bonds. The molecule has 0 saturated carbocycles. The quantitative estimate of drug-likeness (QED) is 0.165. The van der Waals surface area contributed by atoms with Crippen LogP contribution in [0, 0.1) is 13.8 Å². The topological polar surface area (TPSA) is 24.6 Å². The Labute approximate surface area is 364 Å². The van der Waals surface area contributed by atoms with E-state index in [0.29, 0.717) is 0 Å². The molecule has 296 valence electrons. The predicted molar refractivity (Wildman–Crippen MR) is 266 cm³/mol. The van der Waals surface area contributed by atoms with E-state index in [1.54, 1.807) is 0 Å². The van der Waals surface area contributed by atoms with Crippen molar-refractivity contribution < 1.29 is 4.42 Å². The van der Waals surface area contributed by atoms with Crippen LogP contribution in [0.3, 0.4) is 0 Å². The Kier molecular flexibility index (Phi) is 7.35. The lowest BCUT2D eigenvalue weighted by Crippen LogP contribution is -2.60. The van der Waals surface area contributed by atoms with E-state index in [-0.39, 0.29) is 12.1 Å². The normalized spacial score (nSPS) is 13.2. The second kappa shape index (κ2) is 12.8. The van der Waals surface area contributed by atoms with Crippen molar-refractivity contribution in [3.63, 3.8) is 0 Å². The van der Waals surface area contributed by atoms with Crippen molar-refractivity contribution in [3.8, 4) is 5.69 Å². The third-order valence-electron chi connectivity index (χ3n) is 13.6. The number of benzene rings is 8. The van der Waals surface area contributed by atoms with Crippen LogP contribution in [0.5, 0.6) is 0 Å². The molecule has 0 saturated heterocycles. The fourth-order valence-electron chi connectivity index (χ4n) is 10.7. The largest absolute Gasteiger partial charge is 0.456 e. The van der Waals surface area contributed by atoms with Gasteiger partial charge in [0.15, 0.2) is 0 Å². The van der Waals surface area contributed by atoms with Crippen molar-refractivity contribution in [2.45, 2.75) is 40.0 Å². The summed E-state index contributed by atoms with van der Waals surface area (Å²) < 4.78 is 10.6. The number of para-hydroxylation sites is 4. The molecule has 0 fully saturated rings. The van der Waals surface area contributed by atoms with Crippen molar-refractivity contribution in [3.05, 3.63) is 180 Å². The Hall–Kier alpha value is -7.02. The van der Waals surface area contributed by atoms with Gasteiger partial charge in [-0.15, -0.1) is 11.3 Å². The molecule has 0 atom stereocenters. The molecule has 0 unspecified atom stereocenters. The minimum absolute atomic E-state index is 0.00598. The molecular formula is C56H42BN3OS. The van der Waals surface area contributed by atoms with Crippen LogP contribution >= 0.6 is 11.3 Å². The number of thiophene rings is 1. The number of aromatic nitrogens is 1. The van der Waals surface area contributed by atoms with Gasteiger partial charge in [0.05, 0.1) is 16.6 Å². The zero-order valence-corrected chi connectivity index (χ0v) is 36.1. The molecule has 3 aromatic heterocycles. The molecule has 4 nitrogen and oxygen atoms in total. The standard InChI is InChI=1S/C56H42BN3OS/c1-33-16-6-10-22-42(33)58(43-23-11-7-17-34(43)2)36-28-29-40-45(32-36)59(44-24-15-26-49-52(44)37-18-8-12-25-48(37)61-49)46-30-35(56(3,4)5)31-47-53(46)57(40)41-21-14-20-39-51-38-19-9-13-27-50(38)62-55(51)60(47)54(39)41/h6-32H,1-5H3. The smallest absolute Gasteiger partial charge is 0.252 e. The molecule has 0 N–H and O–H groups in total. The summed E-state index contributed by atoms with van der Waals surface area (Å²) in [6.07, 6.45) is 0. The van der Waals surface area contributed by atoms with Crippen molar-refractivity contribution in [2.24, 2.45) is 0 Å². The summed E-state index contributed by atoms with van der Waals surface area (Å²) >= 11 is 1.91. The van der Waals surface area contributed by atoms with E-state index >= 15 is 0 Å². The van der Waals surface area contributed by atoms with E-state index in [4.69, 9.17) is 4.42 Å². The molecular weight excluding hydrogens is 774 g/mol. The predicted octanol–water partition coefficient (Wildman–Crippen LogP) is 13.9. The van der Waals surface area contributed by atoms with E-state index in [2.05, 4.69) is 213 Å². The zero-order chi connectivity index (χ0) is 41.6. The van der Waals surface area contributed by atoms with Crippen molar-refractivity contribution in [1.82, 2.24) is 4.57 Å². The van der Waals surface area contributed by atoms with Gasteiger partial charge in [0.1, 0.15) is 16.0 Å². The van der Waals surface area contributed by atoms with Gasteiger partial charge >= 0.3 is 0 Å². The average molecular weight is 816 g/mol. The molecule has 6 heteroatoms. The molecule has 0 bridgehead atoms. The van der Waals surface area contributed by atoms with Gasteiger partial charge in [-0.1, -0.05) is 124 Å². The first kappa shape index (κ1) is 35.7. The minimum Gasteiger partial charge on any atom is -0.456 e. The fraction of sp³-hybridized carbons (Fsp3) is 0.107.